The van der Waals surface area contributed by atoms with Gasteiger partial charge in [-0.15, -0.1) is 11.3 Å². The molecular formula is C15H12ClN3O2S. The first-order valence-corrected chi connectivity index (χ1v) is 7.76. The van der Waals surface area contributed by atoms with E-state index < -0.39 is 0 Å². The summed E-state index contributed by atoms with van der Waals surface area (Å²) in [5.41, 5.74) is 2.74. The number of halogens is 1. The molecule has 0 aliphatic heterocycles. The molecule has 0 fully saturated rings. The Morgan fingerprint density at radius 2 is 2.00 bits per heavy atom. The van der Waals surface area contributed by atoms with Crippen molar-refractivity contribution in [1.29, 1.82) is 0 Å². The standard InChI is InChI=1S/C15H12ClN3O2S/c1-8-13(9(2)21-19-8)14(20)18-15-17-12(7-22-15)10-3-5-11(16)6-4-10/h3-7H,1-2H3,(H,17,18,20). The zero-order valence-electron chi connectivity index (χ0n) is 11.9. The molecule has 1 aromatic carbocycles. The van der Waals surface area contributed by atoms with Gasteiger partial charge in [0.25, 0.3) is 5.91 Å². The van der Waals surface area contributed by atoms with E-state index in [1.807, 2.05) is 17.5 Å². The van der Waals surface area contributed by atoms with E-state index >= 15 is 0 Å². The third-order valence-electron chi connectivity index (χ3n) is 3.13. The second kappa shape index (κ2) is 5.90. The van der Waals surface area contributed by atoms with E-state index in [2.05, 4.69) is 15.5 Å². The Hall–Kier alpha value is -2.18. The maximum atomic E-state index is 12.2. The van der Waals surface area contributed by atoms with Crippen LogP contribution in [0.15, 0.2) is 34.2 Å². The Kier molecular flexibility index (Phi) is 3.96. The number of nitrogens with one attached hydrogen (secondary N) is 1. The molecule has 0 atom stereocenters. The number of anilines is 1. The molecule has 22 heavy (non-hydrogen) atoms. The quantitative estimate of drug-likeness (QED) is 0.775. The van der Waals surface area contributed by atoms with Crippen molar-refractivity contribution >= 4 is 34.0 Å². The van der Waals surface area contributed by atoms with Crippen LogP contribution in [0, 0.1) is 13.8 Å². The Morgan fingerprint density at radius 3 is 2.64 bits per heavy atom. The fourth-order valence-electron chi connectivity index (χ4n) is 2.05. The van der Waals surface area contributed by atoms with E-state index in [4.69, 9.17) is 16.1 Å². The van der Waals surface area contributed by atoms with Gasteiger partial charge in [0, 0.05) is 16.0 Å². The van der Waals surface area contributed by atoms with Crippen molar-refractivity contribution in [3.63, 3.8) is 0 Å². The van der Waals surface area contributed by atoms with Crippen LogP contribution >= 0.6 is 22.9 Å². The smallest absolute Gasteiger partial charge is 0.262 e. The summed E-state index contributed by atoms with van der Waals surface area (Å²) in [6, 6.07) is 7.38. The maximum Gasteiger partial charge on any atom is 0.262 e. The summed E-state index contributed by atoms with van der Waals surface area (Å²) in [4.78, 5) is 16.7. The van der Waals surface area contributed by atoms with E-state index in [9.17, 15) is 4.79 Å². The normalized spacial score (nSPS) is 10.7. The van der Waals surface area contributed by atoms with Crippen LogP contribution in [0.3, 0.4) is 0 Å². The molecule has 0 bridgehead atoms. The van der Waals surface area contributed by atoms with Crippen LogP contribution in [0.25, 0.3) is 11.3 Å². The van der Waals surface area contributed by atoms with Crippen molar-refractivity contribution in [2.24, 2.45) is 0 Å². The van der Waals surface area contributed by atoms with E-state index in [1.54, 1.807) is 26.0 Å². The highest BCUT2D eigenvalue weighted by Crippen LogP contribution is 2.26. The van der Waals surface area contributed by atoms with Crippen molar-refractivity contribution in [2.75, 3.05) is 5.32 Å². The molecular weight excluding hydrogens is 322 g/mol. The highest BCUT2D eigenvalue weighted by molar-refractivity contribution is 7.14. The SMILES string of the molecule is Cc1noc(C)c1C(=O)Nc1nc(-c2ccc(Cl)cc2)cs1. The number of amides is 1. The molecule has 0 aliphatic rings. The number of rotatable bonds is 3. The zero-order chi connectivity index (χ0) is 15.7. The lowest BCUT2D eigenvalue weighted by Gasteiger charge is -2.00. The fourth-order valence-corrected chi connectivity index (χ4v) is 2.89. The number of benzene rings is 1. The number of aryl methyl sites for hydroxylation is 2. The molecule has 0 unspecified atom stereocenters. The fraction of sp³-hybridized carbons (Fsp3) is 0.133. The highest BCUT2D eigenvalue weighted by Gasteiger charge is 2.18. The van der Waals surface area contributed by atoms with Gasteiger partial charge >= 0.3 is 0 Å². The van der Waals surface area contributed by atoms with Gasteiger partial charge in [0.15, 0.2) is 5.13 Å². The lowest BCUT2D eigenvalue weighted by molar-refractivity contribution is 0.102. The van der Waals surface area contributed by atoms with Gasteiger partial charge in [-0.25, -0.2) is 4.98 Å². The van der Waals surface area contributed by atoms with Crippen LogP contribution in [0.1, 0.15) is 21.8 Å². The van der Waals surface area contributed by atoms with Crippen LogP contribution in [0.5, 0.6) is 0 Å². The zero-order valence-corrected chi connectivity index (χ0v) is 13.5. The maximum absolute atomic E-state index is 12.2. The predicted molar refractivity (Wildman–Crippen MR) is 86.5 cm³/mol. The number of carbonyl (C=O) groups is 1. The topological polar surface area (TPSA) is 68.0 Å². The first-order chi connectivity index (χ1) is 10.5. The minimum atomic E-state index is -0.270. The Bertz CT molecular complexity index is 804. The molecule has 2 aromatic heterocycles. The predicted octanol–water partition coefficient (Wildman–Crippen LogP) is 4.32. The third kappa shape index (κ3) is 2.88. The van der Waals surface area contributed by atoms with Crippen LogP contribution in [-0.2, 0) is 0 Å². The molecule has 112 valence electrons. The summed E-state index contributed by atoms with van der Waals surface area (Å²) in [5, 5.41) is 9.62. The molecule has 0 spiro atoms. The molecule has 0 saturated heterocycles. The van der Waals surface area contributed by atoms with Gasteiger partial charge in [-0.2, -0.15) is 0 Å². The van der Waals surface area contributed by atoms with Gasteiger partial charge in [-0.1, -0.05) is 28.9 Å². The van der Waals surface area contributed by atoms with Crippen molar-refractivity contribution < 1.29 is 9.32 Å². The Labute approximate surface area is 135 Å². The molecule has 5 nitrogen and oxygen atoms in total. The van der Waals surface area contributed by atoms with E-state index in [-0.39, 0.29) is 5.91 Å². The van der Waals surface area contributed by atoms with Gasteiger partial charge < -0.3 is 4.52 Å². The largest absolute Gasteiger partial charge is 0.361 e. The third-order valence-corrected chi connectivity index (χ3v) is 4.13. The molecule has 0 saturated carbocycles. The second-order valence-corrected chi connectivity index (χ2v) is 5.99. The summed E-state index contributed by atoms with van der Waals surface area (Å²) in [5.74, 6) is 0.220. The van der Waals surface area contributed by atoms with Gasteiger partial charge in [0.1, 0.15) is 11.3 Å². The monoisotopic (exact) mass is 333 g/mol. The van der Waals surface area contributed by atoms with Crippen molar-refractivity contribution in [3.05, 3.63) is 51.7 Å². The number of carbonyl (C=O) groups excluding carboxylic acids is 1. The lowest BCUT2D eigenvalue weighted by atomic mass is 10.2. The van der Waals surface area contributed by atoms with Crippen LogP contribution in [0.2, 0.25) is 5.02 Å². The van der Waals surface area contributed by atoms with Crippen molar-refractivity contribution in [1.82, 2.24) is 10.1 Å². The number of hydrogen-bond acceptors (Lipinski definition) is 5. The van der Waals surface area contributed by atoms with E-state index in [0.717, 1.165) is 11.3 Å². The van der Waals surface area contributed by atoms with E-state index in [1.165, 1.54) is 11.3 Å². The Balaban J connectivity index is 1.80. The number of nitrogens with zero attached hydrogens (tertiary/aromatic N) is 2. The average molecular weight is 334 g/mol. The molecule has 1 amide bonds. The van der Waals surface area contributed by atoms with Crippen LogP contribution in [0.4, 0.5) is 5.13 Å². The number of thiazole rings is 1. The molecule has 2 heterocycles. The molecule has 0 aliphatic carbocycles. The van der Waals surface area contributed by atoms with Gasteiger partial charge in [0.05, 0.1) is 11.4 Å². The summed E-state index contributed by atoms with van der Waals surface area (Å²) in [6.07, 6.45) is 0. The van der Waals surface area contributed by atoms with Gasteiger partial charge in [-0.3, -0.25) is 10.1 Å². The minimum Gasteiger partial charge on any atom is -0.361 e. The minimum absolute atomic E-state index is 0.270. The Morgan fingerprint density at radius 1 is 1.27 bits per heavy atom. The average Bonchev–Trinajstić information content (AvgIpc) is 3.07. The van der Waals surface area contributed by atoms with Crippen molar-refractivity contribution in [3.8, 4) is 11.3 Å². The van der Waals surface area contributed by atoms with E-state index in [0.29, 0.717) is 27.2 Å². The summed E-state index contributed by atoms with van der Waals surface area (Å²) in [7, 11) is 0. The lowest BCUT2D eigenvalue weighted by Crippen LogP contribution is -2.13. The van der Waals surface area contributed by atoms with Crippen molar-refractivity contribution in [2.45, 2.75) is 13.8 Å². The number of hydrogen-bond donors (Lipinski definition) is 1. The van der Waals surface area contributed by atoms with Crippen LogP contribution < -0.4 is 5.32 Å². The van der Waals surface area contributed by atoms with Gasteiger partial charge in [-0.05, 0) is 26.0 Å². The molecule has 3 aromatic rings. The van der Waals surface area contributed by atoms with Crippen LogP contribution in [-0.4, -0.2) is 16.0 Å². The highest BCUT2D eigenvalue weighted by atomic mass is 35.5. The first-order valence-electron chi connectivity index (χ1n) is 6.50. The number of aromatic nitrogens is 2. The molecule has 0 radical (unpaired) electrons. The summed E-state index contributed by atoms with van der Waals surface area (Å²) < 4.78 is 5.00. The molecule has 7 heteroatoms. The molecule has 1 N–H and O–H groups in total. The summed E-state index contributed by atoms with van der Waals surface area (Å²) >= 11 is 7.23. The van der Waals surface area contributed by atoms with Gasteiger partial charge in [0.2, 0.25) is 0 Å². The molecule has 3 rings (SSSR count). The first kappa shape index (κ1) is 14.7. The summed E-state index contributed by atoms with van der Waals surface area (Å²) in [6.45, 7) is 3.43. The second-order valence-electron chi connectivity index (χ2n) is 4.70.